The summed E-state index contributed by atoms with van der Waals surface area (Å²) in [6.07, 6.45) is -4.40. The van der Waals surface area contributed by atoms with Gasteiger partial charge in [0.2, 0.25) is 15.9 Å². The predicted molar refractivity (Wildman–Crippen MR) is 110 cm³/mol. The molecule has 0 heterocycles. The fraction of sp³-hybridized carbons (Fsp3) is 0.381. The number of ether oxygens (including phenoxy) is 1. The van der Waals surface area contributed by atoms with Gasteiger partial charge in [-0.05, 0) is 48.2 Å². The van der Waals surface area contributed by atoms with E-state index >= 15 is 0 Å². The molecule has 2 N–H and O–H groups in total. The number of alkyl halides is 3. The number of nitrogens with one attached hydrogen (secondary N) is 2. The van der Waals surface area contributed by atoms with Gasteiger partial charge in [0, 0.05) is 19.5 Å². The van der Waals surface area contributed by atoms with Crippen LogP contribution in [-0.2, 0) is 32.7 Å². The van der Waals surface area contributed by atoms with Crippen molar-refractivity contribution in [3.63, 3.8) is 0 Å². The summed E-state index contributed by atoms with van der Waals surface area (Å²) in [5, 5.41) is 2.67. The summed E-state index contributed by atoms with van der Waals surface area (Å²) in [4.78, 5) is 12.1. The first-order valence-electron chi connectivity index (χ1n) is 9.52. The second-order valence-electron chi connectivity index (χ2n) is 7.10. The van der Waals surface area contributed by atoms with Crippen LogP contribution in [0.25, 0.3) is 0 Å². The van der Waals surface area contributed by atoms with Crippen LogP contribution in [0.15, 0.2) is 47.4 Å². The SMILES string of the molecule is Cc1ccc(S(=O)(=O)NCCC(=O)NCc2ccc(COCC(F)(F)F)cc2)cc1C. The molecule has 10 heteroatoms. The first kappa shape index (κ1) is 24.8. The molecule has 0 aromatic heterocycles. The standard InChI is InChI=1S/C21H25F3N2O4S/c1-15-3-8-19(11-16(15)2)31(28,29)26-10-9-20(27)25-12-17-4-6-18(7-5-17)13-30-14-21(22,23)24/h3-8,11,26H,9-10,12-14H2,1-2H3,(H,25,27). The maximum Gasteiger partial charge on any atom is 0.411 e. The van der Waals surface area contributed by atoms with E-state index in [9.17, 15) is 26.4 Å². The summed E-state index contributed by atoms with van der Waals surface area (Å²) in [7, 11) is -3.70. The van der Waals surface area contributed by atoms with E-state index in [1.807, 2.05) is 13.8 Å². The average Bonchev–Trinajstić information content (AvgIpc) is 2.68. The van der Waals surface area contributed by atoms with Crippen molar-refractivity contribution in [1.82, 2.24) is 10.0 Å². The molecule has 2 aromatic rings. The molecule has 0 radical (unpaired) electrons. The number of aryl methyl sites for hydroxylation is 2. The third-order valence-corrected chi connectivity index (χ3v) is 5.94. The van der Waals surface area contributed by atoms with E-state index in [0.717, 1.165) is 16.7 Å². The molecule has 0 saturated heterocycles. The van der Waals surface area contributed by atoms with Gasteiger partial charge in [0.15, 0.2) is 0 Å². The Morgan fingerprint density at radius 2 is 1.65 bits per heavy atom. The van der Waals surface area contributed by atoms with Gasteiger partial charge in [0.05, 0.1) is 11.5 Å². The monoisotopic (exact) mass is 458 g/mol. The lowest BCUT2D eigenvalue weighted by Crippen LogP contribution is -2.30. The molecule has 0 unspecified atom stereocenters. The molecule has 0 atom stereocenters. The number of sulfonamides is 1. The van der Waals surface area contributed by atoms with Crippen LogP contribution < -0.4 is 10.0 Å². The molecule has 0 aliphatic rings. The number of carbonyl (C=O) groups excluding carboxylic acids is 1. The molecule has 0 saturated carbocycles. The first-order chi connectivity index (χ1) is 14.5. The van der Waals surface area contributed by atoms with Gasteiger partial charge in [-0.2, -0.15) is 13.2 Å². The second-order valence-corrected chi connectivity index (χ2v) is 8.86. The molecule has 170 valence electrons. The zero-order chi connectivity index (χ0) is 23.1. The highest BCUT2D eigenvalue weighted by Gasteiger charge is 2.27. The van der Waals surface area contributed by atoms with Crippen LogP contribution in [-0.4, -0.2) is 33.7 Å². The smallest absolute Gasteiger partial charge is 0.367 e. The van der Waals surface area contributed by atoms with Crippen LogP contribution in [0.3, 0.4) is 0 Å². The molecule has 0 spiro atoms. The minimum atomic E-state index is -4.36. The van der Waals surface area contributed by atoms with Crippen molar-refractivity contribution in [3.05, 3.63) is 64.7 Å². The molecule has 0 aliphatic carbocycles. The van der Waals surface area contributed by atoms with Gasteiger partial charge in [-0.3, -0.25) is 4.79 Å². The number of rotatable bonds is 10. The number of carbonyl (C=O) groups is 1. The van der Waals surface area contributed by atoms with Crippen molar-refractivity contribution >= 4 is 15.9 Å². The fourth-order valence-corrected chi connectivity index (χ4v) is 3.71. The molecule has 1 amide bonds. The summed E-state index contributed by atoms with van der Waals surface area (Å²) in [6, 6.07) is 11.4. The van der Waals surface area contributed by atoms with E-state index in [1.54, 1.807) is 36.4 Å². The Kier molecular flexibility index (Phi) is 8.60. The van der Waals surface area contributed by atoms with Crippen LogP contribution in [0.1, 0.15) is 28.7 Å². The Morgan fingerprint density at radius 1 is 1.00 bits per heavy atom. The Balaban J connectivity index is 1.73. The van der Waals surface area contributed by atoms with Crippen molar-refractivity contribution in [3.8, 4) is 0 Å². The van der Waals surface area contributed by atoms with Crippen LogP contribution in [0.2, 0.25) is 0 Å². The van der Waals surface area contributed by atoms with Gasteiger partial charge >= 0.3 is 6.18 Å². The Labute approximate surface area is 179 Å². The third kappa shape index (κ3) is 8.68. The van der Waals surface area contributed by atoms with Gasteiger partial charge in [-0.1, -0.05) is 30.3 Å². The summed E-state index contributed by atoms with van der Waals surface area (Å²) in [5.74, 6) is -0.333. The number of hydrogen-bond donors (Lipinski definition) is 2. The van der Waals surface area contributed by atoms with E-state index < -0.39 is 22.8 Å². The lowest BCUT2D eigenvalue weighted by Gasteiger charge is -2.10. The van der Waals surface area contributed by atoms with Crippen LogP contribution >= 0.6 is 0 Å². The predicted octanol–water partition coefficient (Wildman–Crippen LogP) is 3.37. The number of halogens is 3. The van der Waals surface area contributed by atoms with Gasteiger partial charge in [-0.15, -0.1) is 0 Å². The van der Waals surface area contributed by atoms with Gasteiger partial charge in [-0.25, -0.2) is 13.1 Å². The van der Waals surface area contributed by atoms with Crippen LogP contribution in [0.5, 0.6) is 0 Å². The Hall–Kier alpha value is -2.43. The van der Waals surface area contributed by atoms with Crippen molar-refractivity contribution in [2.45, 2.75) is 44.5 Å². The topological polar surface area (TPSA) is 84.5 Å². The molecular formula is C21H25F3N2O4S. The highest BCUT2D eigenvalue weighted by molar-refractivity contribution is 7.89. The fourth-order valence-electron chi connectivity index (χ4n) is 2.59. The summed E-state index contributed by atoms with van der Waals surface area (Å²) in [6.45, 7) is 2.41. The lowest BCUT2D eigenvalue weighted by molar-refractivity contribution is -0.176. The molecule has 0 fully saturated rings. The minimum absolute atomic E-state index is 0.0343. The van der Waals surface area contributed by atoms with Crippen LogP contribution in [0.4, 0.5) is 13.2 Å². The molecule has 0 aliphatic heterocycles. The average molecular weight is 459 g/mol. The molecule has 6 nitrogen and oxygen atoms in total. The zero-order valence-electron chi connectivity index (χ0n) is 17.3. The Bertz CT molecular complexity index is 991. The first-order valence-corrected chi connectivity index (χ1v) is 11.0. The molecule has 31 heavy (non-hydrogen) atoms. The normalized spacial score (nSPS) is 12.0. The van der Waals surface area contributed by atoms with Gasteiger partial charge in [0.1, 0.15) is 6.61 Å². The maximum absolute atomic E-state index is 12.3. The summed E-state index contributed by atoms with van der Waals surface area (Å²) >= 11 is 0. The quantitative estimate of drug-likeness (QED) is 0.572. The molecular weight excluding hydrogens is 433 g/mol. The summed E-state index contributed by atoms with van der Waals surface area (Å²) in [5.41, 5.74) is 3.18. The van der Waals surface area contributed by atoms with E-state index in [1.165, 1.54) is 6.07 Å². The van der Waals surface area contributed by atoms with Crippen molar-refractivity contribution < 1.29 is 31.1 Å². The largest absolute Gasteiger partial charge is 0.411 e. The zero-order valence-corrected chi connectivity index (χ0v) is 18.1. The molecule has 0 bridgehead atoms. The van der Waals surface area contributed by atoms with E-state index in [-0.39, 0.29) is 36.9 Å². The molecule has 2 aromatic carbocycles. The number of hydrogen-bond acceptors (Lipinski definition) is 4. The van der Waals surface area contributed by atoms with E-state index in [4.69, 9.17) is 0 Å². The maximum atomic E-state index is 12.3. The highest BCUT2D eigenvalue weighted by Crippen LogP contribution is 2.16. The van der Waals surface area contributed by atoms with Crippen LogP contribution in [0, 0.1) is 13.8 Å². The van der Waals surface area contributed by atoms with Crippen molar-refractivity contribution in [2.24, 2.45) is 0 Å². The van der Waals surface area contributed by atoms with E-state index in [0.29, 0.717) is 5.56 Å². The molecule has 2 rings (SSSR count). The lowest BCUT2D eigenvalue weighted by atomic mass is 10.1. The third-order valence-electron chi connectivity index (χ3n) is 4.48. The highest BCUT2D eigenvalue weighted by atomic mass is 32.2. The van der Waals surface area contributed by atoms with Gasteiger partial charge < -0.3 is 10.1 Å². The van der Waals surface area contributed by atoms with Crippen molar-refractivity contribution in [2.75, 3.05) is 13.2 Å². The van der Waals surface area contributed by atoms with Gasteiger partial charge in [0.25, 0.3) is 0 Å². The Morgan fingerprint density at radius 3 is 2.26 bits per heavy atom. The van der Waals surface area contributed by atoms with Crippen molar-refractivity contribution in [1.29, 1.82) is 0 Å². The van der Waals surface area contributed by atoms with E-state index in [2.05, 4.69) is 14.8 Å². The number of amides is 1. The number of benzene rings is 2. The minimum Gasteiger partial charge on any atom is -0.367 e. The second kappa shape index (κ2) is 10.7. The summed E-state index contributed by atoms with van der Waals surface area (Å²) < 4.78 is 67.8.